The number of hydrogen-bond donors (Lipinski definition) is 2. The summed E-state index contributed by atoms with van der Waals surface area (Å²) in [7, 11) is 2.14. The Morgan fingerprint density at radius 3 is 2.29 bits per heavy atom. The maximum Gasteiger partial charge on any atom is 0.188 e. The van der Waals surface area contributed by atoms with Gasteiger partial charge in [-0.1, -0.05) is 60.7 Å². The zero-order valence-corrected chi connectivity index (χ0v) is 14.5. The zero-order chi connectivity index (χ0) is 17.0. The summed E-state index contributed by atoms with van der Waals surface area (Å²) in [5, 5.41) is 3.17. The van der Waals surface area contributed by atoms with Gasteiger partial charge in [0.25, 0.3) is 0 Å². The molecule has 0 radical (unpaired) electrons. The molecule has 128 valence electrons. The van der Waals surface area contributed by atoms with Crippen LogP contribution in [0.3, 0.4) is 0 Å². The van der Waals surface area contributed by atoms with E-state index in [1.54, 1.807) is 0 Å². The van der Waals surface area contributed by atoms with Gasteiger partial charge in [-0.2, -0.15) is 0 Å². The van der Waals surface area contributed by atoms with Crippen molar-refractivity contribution in [3.63, 3.8) is 0 Å². The maximum atomic E-state index is 5.90. The average Bonchev–Trinajstić information content (AvgIpc) is 2.60. The summed E-state index contributed by atoms with van der Waals surface area (Å²) in [5.74, 6) is 0.539. The lowest BCUT2D eigenvalue weighted by Gasteiger charge is -2.16. The van der Waals surface area contributed by atoms with Crippen LogP contribution in [0.5, 0.6) is 0 Å². The highest BCUT2D eigenvalue weighted by atomic mass is 15.1. The smallest absolute Gasteiger partial charge is 0.188 e. The third-order valence-electron chi connectivity index (χ3n) is 3.84. The van der Waals surface area contributed by atoms with Gasteiger partial charge in [0.05, 0.1) is 0 Å². The zero-order valence-electron chi connectivity index (χ0n) is 14.5. The molecule has 0 unspecified atom stereocenters. The topological polar surface area (TPSA) is 53.6 Å². The SMILES string of the molecule is CN(CCCN=C(N)NCCc1ccccc1)Cc1ccccc1. The molecule has 0 saturated heterocycles. The van der Waals surface area contributed by atoms with Crippen LogP contribution in [-0.4, -0.2) is 37.5 Å². The van der Waals surface area contributed by atoms with E-state index in [9.17, 15) is 0 Å². The van der Waals surface area contributed by atoms with Crippen LogP contribution in [0, 0.1) is 0 Å². The minimum absolute atomic E-state index is 0.539. The number of nitrogens with two attached hydrogens (primary N) is 1. The first-order valence-electron chi connectivity index (χ1n) is 8.54. The highest BCUT2D eigenvalue weighted by Crippen LogP contribution is 2.03. The molecule has 0 bridgehead atoms. The standard InChI is InChI=1S/C20H28N4/c1-24(17-19-11-6-3-7-12-19)16-8-14-22-20(21)23-15-13-18-9-4-2-5-10-18/h2-7,9-12H,8,13-17H2,1H3,(H3,21,22,23). The minimum Gasteiger partial charge on any atom is -0.370 e. The molecule has 2 aromatic carbocycles. The Morgan fingerprint density at radius 1 is 1.00 bits per heavy atom. The fourth-order valence-electron chi connectivity index (χ4n) is 2.55. The highest BCUT2D eigenvalue weighted by Gasteiger charge is 1.99. The summed E-state index contributed by atoms with van der Waals surface area (Å²) < 4.78 is 0. The van der Waals surface area contributed by atoms with E-state index in [0.29, 0.717) is 5.96 Å². The first kappa shape index (κ1) is 18.0. The molecule has 0 atom stereocenters. The van der Waals surface area contributed by atoms with E-state index in [0.717, 1.165) is 39.0 Å². The van der Waals surface area contributed by atoms with Gasteiger partial charge in [0.15, 0.2) is 5.96 Å². The number of nitrogens with zero attached hydrogens (tertiary/aromatic N) is 2. The van der Waals surface area contributed by atoms with Crippen molar-refractivity contribution < 1.29 is 0 Å². The fourth-order valence-corrected chi connectivity index (χ4v) is 2.55. The molecule has 0 aliphatic heterocycles. The third kappa shape index (κ3) is 7.29. The molecule has 24 heavy (non-hydrogen) atoms. The number of nitrogens with one attached hydrogen (secondary N) is 1. The lowest BCUT2D eigenvalue weighted by Crippen LogP contribution is -2.33. The number of benzene rings is 2. The van der Waals surface area contributed by atoms with Gasteiger partial charge in [-0.15, -0.1) is 0 Å². The van der Waals surface area contributed by atoms with Gasteiger partial charge in [-0.05, 0) is 37.6 Å². The molecular weight excluding hydrogens is 296 g/mol. The van der Waals surface area contributed by atoms with Crippen molar-refractivity contribution in [3.05, 3.63) is 71.8 Å². The summed E-state index contributed by atoms with van der Waals surface area (Å²) >= 11 is 0. The van der Waals surface area contributed by atoms with E-state index in [1.807, 2.05) is 12.1 Å². The van der Waals surface area contributed by atoms with E-state index in [2.05, 4.69) is 70.8 Å². The summed E-state index contributed by atoms with van der Waals surface area (Å²) in [6, 6.07) is 20.9. The van der Waals surface area contributed by atoms with Crippen molar-refractivity contribution in [2.24, 2.45) is 10.7 Å². The molecule has 4 heteroatoms. The van der Waals surface area contributed by atoms with Gasteiger partial charge in [-0.25, -0.2) is 0 Å². The predicted octanol–water partition coefficient (Wildman–Crippen LogP) is 2.66. The highest BCUT2D eigenvalue weighted by molar-refractivity contribution is 5.77. The van der Waals surface area contributed by atoms with E-state index in [-0.39, 0.29) is 0 Å². The van der Waals surface area contributed by atoms with E-state index >= 15 is 0 Å². The quantitative estimate of drug-likeness (QED) is 0.423. The maximum absolute atomic E-state index is 5.90. The molecule has 0 saturated carbocycles. The Labute approximate surface area is 145 Å². The number of guanidine groups is 1. The third-order valence-corrected chi connectivity index (χ3v) is 3.84. The number of aliphatic imine (C=N–C) groups is 1. The van der Waals surface area contributed by atoms with Crippen molar-refractivity contribution in [3.8, 4) is 0 Å². The Hall–Kier alpha value is -2.33. The van der Waals surface area contributed by atoms with E-state index in [1.165, 1.54) is 11.1 Å². The number of rotatable bonds is 9. The first-order valence-corrected chi connectivity index (χ1v) is 8.54. The summed E-state index contributed by atoms with van der Waals surface area (Å²) in [4.78, 5) is 6.70. The second-order valence-electron chi connectivity index (χ2n) is 6.01. The molecular formula is C20H28N4. The fraction of sp³-hybridized carbons (Fsp3) is 0.350. The van der Waals surface area contributed by atoms with Crippen molar-refractivity contribution in [2.45, 2.75) is 19.4 Å². The molecule has 0 amide bonds. The van der Waals surface area contributed by atoms with Crippen molar-refractivity contribution in [2.75, 3.05) is 26.7 Å². The lowest BCUT2D eigenvalue weighted by molar-refractivity contribution is 0.324. The average molecular weight is 324 g/mol. The Balaban J connectivity index is 1.57. The van der Waals surface area contributed by atoms with Crippen LogP contribution < -0.4 is 11.1 Å². The molecule has 0 aliphatic carbocycles. The normalized spacial score (nSPS) is 11.7. The molecule has 2 aromatic rings. The van der Waals surface area contributed by atoms with Crippen LogP contribution in [0.4, 0.5) is 0 Å². The van der Waals surface area contributed by atoms with Gasteiger partial charge in [-0.3, -0.25) is 4.99 Å². The van der Waals surface area contributed by atoms with Gasteiger partial charge in [0.2, 0.25) is 0 Å². The predicted molar refractivity (Wildman–Crippen MR) is 102 cm³/mol. The molecule has 0 heterocycles. The van der Waals surface area contributed by atoms with Crippen molar-refractivity contribution >= 4 is 5.96 Å². The molecule has 0 aliphatic rings. The van der Waals surface area contributed by atoms with Crippen LogP contribution in [0.1, 0.15) is 17.5 Å². The molecule has 0 fully saturated rings. The summed E-state index contributed by atoms with van der Waals surface area (Å²) in [6.07, 6.45) is 1.96. The molecule has 4 nitrogen and oxygen atoms in total. The van der Waals surface area contributed by atoms with Crippen LogP contribution in [0.25, 0.3) is 0 Å². The van der Waals surface area contributed by atoms with Crippen LogP contribution in [-0.2, 0) is 13.0 Å². The van der Waals surface area contributed by atoms with E-state index < -0.39 is 0 Å². The lowest BCUT2D eigenvalue weighted by atomic mass is 10.1. The van der Waals surface area contributed by atoms with Gasteiger partial charge in [0.1, 0.15) is 0 Å². The number of hydrogen-bond acceptors (Lipinski definition) is 2. The molecule has 2 rings (SSSR count). The summed E-state index contributed by atoms with van der Waals surface area (Å²) in [5.41, 5.74) is 8.55. The van der Waals surface area contributed by atoms with Crippen LogP contribution in [0.15, 0.2) is 65.7 Å². The minimum atomic E-state index is 0.539. The summed E-state index contributed by atoms with van der Waals surface area (Å²) in [6.45, 7) is 3.54. The molecule has 0 spiro atoms. The molecule has 0 aromatic heterocycles. The molecule has 3 N–H and O–H groups in total. The first-order chi connectivity index (χ1) is 11.7. The van der Waals surface area contributed by atoms with Crippen LogP contribution >= 0.6 is 0 Å². The van der Waals surface area contributed by atoms with Crippen LogP contribution in [0.2, 0.25) is 0 Å². The van der Waals surface area contributed by atoms with E-state index in [4.69, 9.17) is 5.73 Å². The Bertz CT molecular complexity index is 596. The van der Waals surface area contributed by atoms with Gasteiger partial charge >= 0.3 is 0 Å². The Morgan fingerprint density at radius 2 is 1.62 bits per heavy atom. The largest absolute Gasteiger partial charge is 0.370 e. The monoisotopic (exact) mass is 324 g/mol. The van der Waals surface area contributed by atoms with Crippen molar-refractivity contribution in [1.29, 1.82) is 0 Å². The van der Waals surface area contributed by atoms with Crippen molar-refractivity contribution in [1.82, 2.24) is 10.2 Å². The van der Waals surface area contributed by atoms with Gasteiger partial charge in [0, 0.05) is 19.6 Å². The second-order valence-corrected chi connectivity index (χ2v) is 6.01. The Kier molecular flexibility index (Phi) is 7.84. The second kappa shape index (κ2) is 10.4. The van der Waals surface area contributed by atoms with Gasteiger partial charge < -0.3 is 16.0 Å².